The standard InChI is InChI=1S/C21H21BrN4S/c1-13-12-15(14(2)26(13)18-10-5-4-8-16(18)22)20-19(24-21(27)25(20)3)17-9-6-7-11-23-17/h4-12,19-20H,1-3H3,(H,24,27). The highest BCUT2D eigenvalue weighted by Gasteiger charge is 2.39. The van der Waals surface area contributed by atoms with Gasteiger partial charge in [0.2, 0.25) is 0 Å². The molecule has 0 saturated carbocycles. The van der Waals surface area contributed by atoms with Crippen LogP contribution in [0.4, 0.5) is 0 Å². The van der Waals surface area contributed by atoms with Gasteiger partial charge in [-0.15, -0.1) is 0 Å². The Balaban J connectivity index is 1.84. The molecule has 0 bridgehead atoms. The first-order valence-electron chi connectivity index (χ1n) is 8.87. The number of halogens is 1. The van der Waals surface area contributed by atoms with Crippen LogP contribution in [0.15, 0.2) is 59.2 Å². The number of rotatable bonds is 3. The maximum atomic E-state index is 5.57. The van der Waals surface area contributed by atoms with Crippen molar-refractivity contribution in [1.82, 2.24) is 19.8 Å². The van der Waals surface area contributed by atoms with Crippen molar-refractivity contribution in [2.45, 2.75) is 25.9 Å². The molecule has 4 rings (SSSR count). The van der Waals surface area contributed by atoms with Gasteiger partial charge in [-0.25, -0.2) is 0 Å². The SMILES string of the molecule is Cc1cc(C2C(c3ccccn3)NC(=S)N2C)c(C)n1-c1ccccc1Br. The van der Waals surface area contributed by atoms with E-state index in [-0.39, 0.29) is 12.1 Å². The van der Waals surface area contributed by atoms with E-state index in [4.69, 9.17) is 12.2 Å². The van der Waals surface area contributed by atoms with E-state index in [9.17, 15) is 0 Å². The summed E-state index contributed by atoms with van der Waals surface area (Å²) in [6.45, 7) is 4.32. The molecule has 1 saturated heterocycles. The topological polar surface area (TPSA) is 33.1 Å². The summed E-state index contributed by atoms with van der Waals surface area (Å²) >= 11 is 9.26. The Hall–Kier alpha value is -2.18. The Labute approximate surface area is 173 Å². The first kappa shape index (κ1) is 18.2. The van der Waals surface area contributed by atoms with Gasteiger partial charge in [-0.2, -0.15) is 0 Å². The first-order valence-corrected chi connectivity index (χ1v) is 10.1. The monoisotopic (exact) mass is 440 g/mol. The Morgan fingerprint density at radius 1 is 1.11 bits per heavy atom. The highest BCUT2D eigenvalue weighted by molar-refractivity contribution is 9.10. The molecule has 3 heterocycles. The Morgan fingerprint density at radius 2 is 1.85 bits per heavy atom. The largest absolute Gasteiger partial charge is 0.352 e. The molecular weight excluding hydrogens is 420 g/mol. The van der Waals surface area contributed by atoms with Crippen molar-refractivity contribution in [2.75, 3.05) is 7.05 Å². The van der Waals surface area contributed by atoms with Crippen LogP contribution >= 0.6 is 28.1 Å². The number of thiocarbonyl (C=S) groups is 1. The number of likely N-dealkylation sites (N-methyl/N-ethyl adjacent to an activating group) is 1. The van der Waals surface area contributed by atoms with E-state index in [2.05, 4.69) is 79.9 Å². The molecule has 2 aromatic heterocycles. The molecule has 0 aliphatic carbocycles. The molecule has 4 nitrogen and oxygen atoms in total. The predicted octanol–water partition coefficient (Wildman–Crippen LogP) is 4.85. The van der Waals surface area contributed by atoms with E-state index in [0.717, 1.165) is 21.0 Å². The lowest BCUT2D eigenvalue weighted by atomic mass is 9.97. The van der Waals surface area contributed by atoms with Crippen molar-refractivity contribution in [3.8, 4) is 5.69 Å². The van der Waals surface area contributed by atoms with Crippen molar-refractivity contribution in [2.24, 2.45) is 0 Å². The predicted molar refractivity (Wildman–Crippen MR) is 116 cm³/mol. The van der Waals surface area contributed by atoms with E-state index in [0.29, 0.717) is 0 Å². The molecule has 0 amide bonds. The van der Waals surface area contributed by atoms with Gasteiger partial charge in [0.15, 0.2) is 5.11 Å². The molecular formula is C21H21BrN4S. The smallest absolute Gasteiger partial charge is 0.169 e. The van der Waals surface area contributed by atoms with Gasteiger partial charge in [0.05, 0.1) is 23.5 Å². The van der Waals surface area contributed by atoms with Crippen LogP contribution < -0.4 is 5.32 Å². The van der Waals surface area contributed by atoms with Crippen LogP contribution in [0.3, 0.4) is 0 Å². The molecule has 0 radical (unpaired) electrons. The summed E-state index contributed by atoms with van der Waals surface area (Å²) in [6.07, 6.45) is 1.83. The lowest BCUT2D eigenvalue weighted by Crippen LogP contribution is -2.25. The van der Waals surface area contributed by atoms with Gasteiger partial charge in [-0.05, 0) is 77.9 Å². The van der Waals surface area contributed by atoms with Gasteiger partial charge in [0.25, 0.3) is 0 Å². The summed E-state index contributed by atoms with van der Waals surface area (Å²) in [6, 6.07) is 16.7. The third-order valence-electron chi connectivity index (χ3n) is 5.22. The van der Waals surface area contributed by atoms with E-state index in [1.54, 1.807) is 0 Å². The number of para-hydroxylation sites is 1. The lowest BCUT2D eigenvalue weighted by molar-refractivity contribution is 0.367. The fraction of sp³-hybridized carbons (Fsp3) is 0.238. The normalized spacial score (nSPS) is 19.4. The van der Waals surface area contributed by atoms with Crippen LogP contribution in [0.1, 0.15) is 34.7 Å². The minimum atomic E-state index is 0.0249. The second kappa shape index (κ2) is 7.09. The molecule has 27 heavy (non-hydrogen) atoms. The Kier molecular flexibility index (Phi) is 4.78. The quantitative estimate of drug-likeness (QED) is 0.589. The third kappa shape index (κ3) is 3.07. The maximum absolute atomic E-state index is 5.57. The maximum Gasteiger partial charge on any atom is 0.169 e. The van der Waals surface area contributed by atoms with E-state index in [1.807, 2.05) is 31.4 Å². The summed E-state index contributed by atoms with van der Waals surface area (Å²) in [5.74, 6) is 0. The van der Waals surface area contributed by atoms with Crippen LogP contribution in [0, 0.1) is 13.8 Å². The number of aromatic nitrogens is 2. The average molecular weight is 441 g/mol. The number of pyridine rings is 1. The van der Waals surface area contributed by atoms with Crippen molar-refractivity contribution in [3.63, 3.8) is 0 Å². The molecule has 1 aliphatic heterocycles. The average Bonchev–Trinajstić information content (AvgIpc) is 3.12. The van der Waals surface area contributed by atoms with E-state index < -0.39 is 0 Å². The van der Waals surface area contributed by atoms with Gasteiger partial charge in [-0.3, -0.25) is 4.98 Å². The number of nitrogens with one attached hydrogen (secondary N) is 1. The second-order valence-electron chi connectivity index (χ2n) is 6.85. The molecule has 2 unspecified atom stereocenters. The summed E-state index contributed by atoms with van der Waals surface area (Å²) in [5.41, 5.74) is 5.81. The fourth-order valence-corrected chi connectivity index (χ4v) is 4.64. The van der Waals surface area contributed by atoms with Gasteiger partial charge in [0.1, 0.15) is 0 Å². The van der Waals surface area contributed by atoms with Gasteiger partial charge < -0.3 is 14.8 Å². The van der Waals surface area contributed by atoms with Crippen LogP contribution in [0.2, 0.25) is 0 Å². The van der Waals surface area contributed by atoms with Crippen molar-refractivity contribution in [3.05, 3.63) is 81.8 Å². The van der Waals surface area contributed by atoms with Gasteiger partial charge in [-0.1, -0.05) is 18.2 Å². The molecule has 1 fully saturated rings. The molecule has 3 aromatic rings. The molecule has 1 aromatic carbocycles. The zero-order chi connectivity index (χ0) is 19.1. The lowest BCUT2D eigenvalue weighted by Gasteiger charge is -2.24. The molecule has 1 N–H and O–H groups in total. The zero-order valence-electron chi connectivity index (χ0n) is 15.5. The number of nitrogens with zero attached hydrogens (tertiary/aromatic N) is 3. The number of hydrogen-bond donors (Lipinski definition) is 1. The van der Waals surface area contributed by atoms with Gasteiger partial charge in [0, 0.05) is 29.1 Å². The van der Waals surface area contributed by atoms with Crippen molar-refractivity contribution < 1.29 is 0 Å². The second-order valence-corrected chi connectivity index (χ2v) is 8.09. The number of benzene rings is 1. The summed E-state index contributed by atoms with van der Waals surface area (Å²) < 4.78 is 3.37. The fourth-order valence-electron chi connectivity index (χ4n) is 3.94. The Morgan fingerprint density at radius 3 is 2.56 bits per heavy atom. The molecule has 0 spiro atoms. The summed E-state index contributed by atoms with van der Waals surface area (Å²) in [4.78, 5) is 6.71. The highest BCUT2D eigenvalue weighted by atomic mass is 79.9. The van der Waals surface area contributed by atoms with Gasteiger partial charge >= 0.3 is 0 Å². The zero-order valence-corrected chi connectivity index (χ0v) is 17.9. The van der Waals surface area contributed by atoms with Crippen LogP contribution in [0.5, 0.6) is 0 Å². The number of aryl methyl sites for hydroxylation is 1. The van der Waals surface area contributed by atoms with E-state index >= 15 is 0 Å². The minimum absolute atomic E-state index is 0.0249. The highest BCUT2D eigenvalue weighted by Crippen LogP contribution is 2.40. The first-order chi connectivity index (χ1) is 13.0. The molecule has 6 heteroatoms. The number of hydrogen-bond acceptors (Lipinski definition) is 2. The Bertz CT molecular complexity index is 999. The van der Waals surface area contributed by atoms with Crippen LogP contribution in [-0.4, -0.2) is 26.6 Å². The van der Waals surface area contributed by atoms with E-state index in [1.165, 1.54) is 17.0 Å². The summed E-state index contributed by atoms with van der Waals surface area (Å²) in [5, 5.41) is 4.20. The van der Waals surface area contributed by atoms with Crippen molar-refractivity contribution in [1.29, 1.82) is 0 Å². The minimum Gasteiger partial charge on any atom is -0.352 e. The molecule has 138 valence electrons. The van der Waals surface area contributed by atoms with Crippen LogP contribution in [0.25, 0.3) is 5.69 Å². The van der Waals surface area contributed by atoms with Crippen LogP contribution in [-0.2, 0) is 0 Å². The summed E-state index contributed by atoms with van der Waals surface area (Å²) in [7, 11) is 2.05. The molecule has 1 aliphatic rings. The molecule has 2 atom stereocenters. The third-order valence-corrected chi connectivity index (χ3v) is 6.30. The van der Waals surface area contributed by atoms with Crippen molar-refractivity contribution >= 4 is 33.3 Å².